The summed E-state index contributed by atoms with van der Waals surface area (Å²) in [6.45, 7) is 0. The van der Waals surface area contributed by atoms with Gasteiger partial charge < -0.3 is 15.3 Å². The summed E-state index contributed by atoms with van der Waals surface area (Å²) in [5.41, 5.74) is 0. The maximum absolute atomic E-state index is 10.6. The van der Waals surface area contributed by atoms with Gasteiger partial charge in [-0.2, -0.15) is 0 Å². The molecule has 0 aromatic rings. The minimum Gasteiger partial charge on any atom is -0.504 e. The van der Waals surface area contributed by atoms with Gasteiger partial charge in [0, 0.05) is 0 Å². The molecule has 3 N–H and O–H groups in total. The van der Waals surface area contributed by atoms with E-state index in [1.54, 1.807) is 0 Å². The van der Waals surface area contributed by atoms with Crippen LogP contribution in [-0.2, 0) is 4.79 Å². The van der Waals surface area contributed by atoms with Crippen molar-refractivity contribution in [3.8, 4) is 0 Å². The van der Waals surface area contributed by atoms with E-state index < -0.39 is 17.3 Å². The molecule has 0 spiro atoms. The van der Waals surface area contributed by atoms with Crippen LogP contribution in [-0.4, -0.2) is 26.9 Å². The standard InChI is InChI=1S/C6H6O4/c7-4-2-1-3-6(9,10)5(4)8/h1-3,7,9-10H. The largest absolute Gasteiger partial charge is 0.504 e. The Morgan fingerprint density at radius 2 is 2.00 bits per heavy atom. The van der Waals surface area contributed by atoms with Crippen LogP contribution in [0.1, 0.15) is 0 Å². The Bertz CT molecular complexity index is 224. The highest BCUT2D eigenvalue weighted by molar-refractivity contribution is 6.01. The number of hydrogen-bond donors (Lipinski definition) is 3. The van der Waals surface area contributed by atoms with Crippen LogP contribution in [0, 0.1) is 0 Å². The van der Waals surface area contributed by atoms with Gasteiger partial charge in [-0.15, -0.1) is 0 Å². The highest BCUT2D eigenvalue weighted by atomic mass is 16.5. The molecule has 0 aromatic heterocycles. The molecule has 1 rings (SSSR count). The number of carbonyl (C=O) groups excluding carboxylic acids is 1. The van der Waals surface area contributed by atoms with Gasteiger partial charge >= 0.3 is 0 Å². The molecule has 10 heavy (non-hydrogen) atoms. The van der Waals surface area contributed by atoms with Crippen LogP contribution in [0.25, 0.3) is 0 Å². The zero-order valence-corrected chi connectivity index (χ0v) is 4.98. The van der Waals surface area contributed by atoms with Gasteiger partial charge in [0.05, 0.1) is 0 Å². The van der Waals surface area contributed by atoms with Gasteiger partial charge in [0.25, 0.3) is 11.6 Å². The molecule has 0 aliphatic heterocycles. The number of aliphatic hydroxyl groups excluding tert-OH is 1. The molecule has 0 amide bonds. The molecule has 0 unspecified atom stereocenters. The Hall–Kier alpha value is -1.13. The number of carbonyl (C=O) groups is 1. The lowest BCUT2D eigenvalue weighted by molar-refractivity contribution is -0.164. The topological polar surface area (TPSA) is 77.8 Å². The van der Waals surface area contributed by atoms with E-state index in [9.17, 15) is 4.79 Å². The molecule has 4 heteroatoms. The van der Waals surface area contributed by atoms with Crippen molar-refractivity contribution in [1.82, 2.24) is 0 Å². The Morgan fingerprint density at radius 1 is 1.40 bits per heavy atom. The first-order valence-electron chi connectivity index (χ1n) is 2.62. The molecule has 0 aromatic carbocycles. The van der Waals surface area contributed by atoms with E-state index in [1.807, 2.05) is 0 Å². The normalized spacial score (nSPS) is 22.6. The summed E-state index contributed by atoms with van der Waals surface area (Å²) >= 11 is 0. The van der Waals surface area contributed by atoms with E-state index in [2.05, 4.69) is 0 Å². The van der Waals surface area contributed by atoms with E-state index in [-0.39, 0.29) is 0 Å². The van der Waals surface area contributed by atoms with Gasteiger partial charge in [-0.3, -0.25) is 4.79 Å². The molecule has 0 atom stereocenters. The van der Waals surface area contributed by atoms with Crippen molar-refractivity contribution in [3.63, 3.8) is 0 Å². The fourth-order valence-corrected chi connectivity index (χ4v) is 0.613. The maximum atomic E-state index is 10.6. The van der Waals surface area contributed by atoms with E-state index in [1.165, 1.54) is 6.08 Å². The minimum absolute atomic E-state index is 0.646. The third kappa shape index (κ3) is 0.940. The van der Waals surface area contributed by atoms with E-state index in [0.29, 0.717) is 0 Å². The fourth-order valence-electron chi connectivity index (χ4n) is 0.613. The van der Waals surface area contributed by atoms with Crippen LogP contribution in [0.3, 0.4) is 0 Å². The highest BCUT2D eigenvalue weighted by Crippen LogP contribution is 2.13. The Labute approximate surface area is 56.7 Å². The van der Waals surface area contributed by atoms with Crippen molar-refractivity contribution < 1.29 is 20.1 Å². The summed E-state index contributed by atoms with van der Waals surface area (Å²) in [5.74, 6) is -4.28. The summed E-state index contributed by atoms with van der Waals surface area (Å²) in [6.07, 6.45) is 3.17. The number of hydrogen-bond acceptors (Lipinski definition) is 4. The van der Waals surface area contributed by atoms with Crippen LogP contribution >= 0.6 is 0 Å². The third-order valence-corrected chi connectivity index (χ3v) is 1.15. The second-order valence-corrected chi connectivity index (χ2v) is 1.97. The molecule has 1 aliphatic rings. The van der Waals surface area contributed by atoms with Gasteiger partial charge in [0.1, 0.15) is 0 Å². The molecule has 0 fully saturated rings. The molecule has 0 radical (unpaired) electrons. The van der Waals surface area contributed by atoms with Gasteiger partial charge in [-0.1, -0.05) is 6.08 Å². The Balaban J connectivity index is 3.01. The molecule has 0 bridgehead atoms. The monoisotopic (exact) mass is 142 g/mol. The average Bonchev–Trinajstić information content (AvgIpc) is 1.83. The lowest BCUT2D eigenvalue weighted by Crippen LogP contribution is -2.38. The second kappa shape index (κ2) is 1.93. The summed E-state index contributed by atoms with van der Waals surface area (Å²) < 4.78 is 0. The zero-order valence-electron chi connectivity index (χ0n) is 4.98. The quantitative estimate of drug-likeness (QED) is 0.389. The lowest BCUT2D eigenvalue weighted by Gasteiger charge is -2.16. The number of allylic oxidation sites excluding steroid dienone is 2. The predicted molar refractivity (Wildman–Crippen MR) is 32.0 cm³/mol. The third-order valence-electron chi connectivity index (χ3n) is 1.15. The molecular weight excluding hydrogens is 136 g/mol. The van der Waals surface area contributed by atoms with Crippen LogP contribution in [0.4, 0.5) is 0 Å². The first-order chi connectivity index (χ1) is 4.54. The minimum atomic E-state index is -2.53. The van der Waals surface area contributed by atoms with Crippen LogP contribution in [0.15, 0.2) is 24.0 Å². The Morgan fingerprint density at radius 3 is 2.40 bits per heavy atom. The molecular formula is C6H6O4. The van der Waals surface area contributed by atoms with Crippen molar-refractivity contribution in [2.45, 2.75) is 5.79 Å². The molecule has 54 valence electrons. The van der Waals surface area contributed by atoms with E-state index in [4.69, 9.17) is 15.3 Å². The van der Waals surface area contributed by atoms with Gasteiger partial charge in [-0.25, -0.2) is 0 Å². The maximum Gasteiger partial charge on any atom is 0.260 e. The number of rotatable bonds is 0. The van der Waals surface area contributed by atoms with Crippen molar-refractivity contribution in [2.24, 2.45) is 0 Å². The first kappa shape index (κ1) is 6.98. The average molecular weight is 142 g/mol. The molecule has 1 aliphatic carbocycles. The SMILES string of the molecule is O=C1C(O)=CC=CC1(O)O. The van der Waals surface area contributed by atoms with Crippen LogP contribution < -0.4 is 0 Å². The number of aliphatic hydroxyl groups is 3. The summed E-state index contributed by atoms with van der Waals surface area (Å²) in [4.78, 5) is 10.6. The fraction of sp³-hybridized carbons (Fsp3) is 0.167. The molecule has 0 saturated carbocycles. The zero-order chi connectivity index (χ0) is 7.78. The van der Waals surface area contributed by atoms with Crippen molar-refractivity contribution in [3.05, 3.63) is 24.0 Å². The number of Topliss-reactive ketones (excluding diaryl/α,β-unsaturated/α-hetero) is 1. The van der Waals surface area contributed by atoms with E-state index >= 15 is 0 Å². The summed E-state index contributed by atoms with van der Waals surface area (Å²) in [5, 5.41) is 26.1. The predicted octanol–water partition coefficient (Wildman–Crippen LogP) is -0.752. The molecule has 4 nitrogen and oxygen atoms in total. The summed E-state index contributed by atoms with van der Waals surface area (Å²) in [6, 6.07) is 0. The van der Waals surface area contributed by atoms with Gasteiger partial charge in [0.15, 0.2) is 5.76 Å². The molecule has 0 saturated heterocycles. The van der Waals surface area contributed by atoms with Crippen molar-refractivity contribution in [2.75, 3.05) is 0 Å². The van der Waals surface area contributed by atoms with E-state index in [0.717, 1.165) is 12.2 Å². The van der Waals surface area contributed by atoms with Crippen LogP contribution in [0.5, 0.6) is 0 Å². The lowest BCUT2D eigenvalue weighted by atomic mass is 10.1. The van der Waals surface area contributed by atoms with Crippen molar-refractivity contribution >= 4 is 5.78 Å². The molecule has 0 heterocycles. The Kier molecular flexibility index (Phi) is 1.35. The van der Waals surface area contributed by atoms with Gasteiger partial charge in [-0.05, 0) is 12.2 Å². The van der Waals surface area contributed by atoms with Gasteiger partial charge in [0.2, 0.25) is 0 Å². The number of ketones is 1. The smallest absolute Gasteiger partial charge is 0.260 e. The highest BCUT2D eigenvalue weighted by Gasteiger charge is 2.34. The summed E-state index contributed by atoms with van der Waals surface area (Å²) in [7, 11) is 0. The van der Waals surface area contributed by atoms with Crippen molar-refractivity contribution in [1.29, 1.82) is 0 Å². The first-order valence-corrected chi connectivity index (χ1v) is 2.62. The second-order valence-electron chi connectivity index (χ2n) is 1.97. The van der Waals surface area contributed by atoms with Crippen LogP contribution in [0.2, 0.25) is 0 Å².